The lowest BCUT2D eigenvalue weighted by Gasteiger charge is -2.10. The van der Waals surface area contributed by atoms with Gasteiger partial charge in [0.2, 0.25) is 5.88 Å². The molecule has 0 spiro atoms. The minimum Gasteiger partial charge on any atom is -0.439 e. The Balaban J connectivity index is 2.16. The Labute approximate surface area is 112 Å². The van der Waals surface area contributed by atoms with Gasteiger partial charge in [0, 0.05) is 13.7 Å². The van der Waals surface area contributed by atoms with Crippen molar-refractivity contribution in [2.24, 2.45) is 0 Å². The van der Waals surface area contributed by atoms with E-state index in [1.807, 2.05) is 38.2 Å². The lowest BCUT2D eigenvalue weighted by Crippen LogP contribution is -2.00. The maximum Gasteiger partial charge on any atom is 0.227 e. The first-order valence-electron chi connectivity index (χ1n) is 6.11. The Morgan fingerprint density at radius 1 is 1.21 bits per heavy atom. The molecule has 0 saturated carbocycles. The Morgan fingerprint density at radius 2 is 1.95 bits per heavy atom. The van der Waals surface area contributed by atoms with E-state index in [1.165, 1.54) is 6.33 Å². The molecule has 0 amide bonds. The first-order valence-corrected chi connectivity index (χ1v) is 6.11. The van der Waals surface area contributed by atoms with E-state index < -0.39 is 0 Å². The molecule has 5 nitrogen and oxygen atoms in total. The largest absolute Gasteiger partial charge is 0.439 e. The summed E-state index contributed by atoms with van der Waals surface area (Å²) in [6.07, 6.45) is 2.12. The Bertz CT molecular complexity index is 541. The smallest absolute Gasteiger partial charge is 0.227 e. The van der Waals surface area contributed by atoms with Crippen LogP contribution in [0.25, 0.3) is 0 Å². The third-order valence-corrected chi connectivity index (χ3v) is 2.81. The first-order chi connectivity index (χ1) is 9.24. The van der Waals surface area contributed by atoms with Gasteiger partial charge in [-0.1, -0.05) is 12.1 Å². The average Bonchev–Trinajstić information content (AvgIpc) is 2.43. The highest BCUT2D eigenvalue weighted by molar-refractivity contribution is 5.48. The van der Waals surface area contributed by atoms with E-state index in [0.717, 1.165) is 16.9 Å². The molecule has 1 heterocycles. The highest BCUT2D eigenvalue weighted by atomic mass is 16.5. The van der Waals surface area contributed by atoms with Crippen LogP contribution in [0.15, 0.2) is 30.6 Å². The Morgan fingerprint density at radius 3 is 2.58 bits per heavy atom. The number of hydrogen-bond donors (Lipinski definition) is 2. The molecule has 0 unspecified atom stereocenters. The molecule has 19 heavy (non-hydrogen) atoms. The van der Waals surface area contributed by atoms with Gasteiger partial charge in [0.15, 0.2) is 0 Å². The molecular weight excluding hydrogens is 242 g/mol. The quantitative estimate of drug-likeness (QED) is 0.861. The summed E-state index contributed by atoms with van der Waals surface area (Å²) in [7, 11) is 1.81. The highest BCUT2D eigenvalue weighted by Gasteiger charge is 2.07. The summed E-state index contributed by atoms with van der Waals surface area (Å²) in [4.78, 5) is 8.24. The zero-order valence-electron chi connectivity index (χ0n) is 11.1. The van der Waals surface area contributed by atoms with Crippen LogP contribution in [0, 0.1) is 6.92 Å². The van der Waals surface area contributed by atoms with Crippen LogP contribution in [-0.4, -0.2) is 28.7 Å². The van der Waals surface area contributed by atoms with Crippen molar-refractivity contribution in [3.05, 3.63) is 41.7 Å². The number of hydrogen-bond acceptors (Lipinski definition) is 5. The maximum atomic E-state index is 8.86. The second-order valence-electron chi connectivity index (χ2n) is 4.12. The van der Waals surface area contributed by atoms with Gasteiger partial charge >= 0.3 is 0 Å². The van der Waals surface area contributed by atoms with Crippen LogP contribution < -0.4 is 10.1 Å². The zero-order chi connectivity index (χ0) is 13.7. The predicted molar refractivity (Wildman–Crippen MR) is 73.6 cm³/mol. The third kappa shape index (κ3) is 3.20. The molecule has 2 rings (SSSR count). The zero-order valence-corrected chi connectivity index (χ0v) is 11.1. The van der Waals surface area contributed by atoms with Gasteiger partial charge in [0.1, 0.15) is 17.9 Å². The third-order valence-electron chi connectivity index (χ3n) is 2.81. The Hall–Kier alpha value is -2.14. The monoisotopic (exact) mass is 259 g/mol. The molecule has 0 radical (unpaired) electrons. The van der Waals surface area contributed by atoms with Crippen molar-refractivity contribution in [2.75, 3.05) is 19.0 Å². The van der Waals surface area contributed by atoms with Gasteiger partial charge in [-0.3, -0.25) is 0 Å². The van der Waals surface area contributed by atoms with Crippen LogP contribution in [-0.2, 0) is 6.42 Å². The van der Waals surface area contributed by atoms with E-state index in [2.05, 4.69) is 15.3 Å². The van der Waals surface area contributed by atoms with E-state index >= 15 is 0 Å². The second kappa shape index (κ2) is 6.15. The minimum absolute atomic E-state index is 0.150. The highest BCUT2D eigenvalue weighted by Crippen LogP contribution is 2.25. The van der Waals surface area contributed by atoms with Crippen LogP contribution in [0.3, 0.4) is 0 Å². The SMILES string of the molecule is CNc1ncnc(Oc2ccc(CCO)cc2)c1C. The summed E-state index contributed by atoms with van der Waals surface area (Å²) >= 11 is 0. The number of ether oxygens (including phenoxy) is 1. The molecule has 2 N–H and O–H groups in total. The number of aliphatic hydroxyl groups is 1. The summed E-state index contributed by atoms with van der Waals surface area (Å²) in [5.41, 5.74) is 1.94. The van der Waals surface area contributed by atoms with Crippen molar-refractivity contribution in [1.82, 2.24) is 9.97 Å². The molecule has 5 heteroatoms. The number of nitrogens with one attached hydrogen (secondary N) is 1. The molecule has 0 bridgehead atoms. The number of aliphatic hydroxyl groups excluding tert-OH is 1. The standard InChI is InChI=1S/C14H17N3O2/c1-10-13(15-2)16-9-17-14(10)19-12-5-3-11(4-6-12)7-8-18/h3-6,9,18H,7-8H2,1-2H3,(H,15,16,17). The molecule has 1 aromatic heterocycles. The van der Waals surface area contributed by atoms with Gasteiger partial charge in [0.05, 0.1) is 5.56 Å². The van der Waals surface area contributed by atoms with Crippen molar-refractivity contribution in [2.45, 2.75) is 13.3 Å². The van der Waals surface area contributed by atoms with Crippen molar-refractivity contribution < 1.29 is 9.84 Å². The number of nitrogens with zero attached hydrogens (tertiary/aromatic N) is 2. The molecule has 0 saturated heterocycles. The normalized spacial score (nSPS) is 10.3. The Kier molecular flexibility index (Phi) is 4.30. The second-order valence-corrected chi connectivity index (χ2v) is 4.12. The summed E-state index contributed by atoms with van der Waals surface area (Å²) in [5, 5.41) is 11.9. The molecule has 100 valence electrons. The van der Waals surface area contributed by atoms with E-state index in [9.17, 15) is 0 Å². The van der Waals surface area contributed by atoms with Crippen LogP contribution in [0.1, 0.15) is 11.1 Å². The predicted octanol–water partition coefficient (Wildman–Crippen LogP) is 2.15. The maximum absolute atomic E-state index is 8.86. The molecule has 0 fully saturated rings. The van der Waals surface area contributed by atoms with E-state index in [1.54, 1.807) is 0 Å². The van der Waals surface area contributed by atoms with Gasteiger partial charge in [-0.25, -0.2) is 9.97 Å². The van der Waals surface area contributed by atoms with Crippen LogP contribution >= 0.6 is 0 Å². The van der Waals surface area contributed by atoms with E-state index in [4.69, 9.17) is 9.84 Å². The number of benzene rings is 1. The van der Waals surface area contributed by atoms with Gasteiger partial charge < -0.3 is 15.2 Å². The molecule has 2 aromatic rings. The molecule has 0 aliphatic rings. The lowest BCUT2D eigenvalue weighted by atomic mass is 10.1. The van der Waals surface area contributed by atoms with Crippen LogP contribution in [0.4, 0.5) is 5.82 Å². The van der Waals surface area contributed by atoms with Crippen LogP contribution in [0.5, 0.6) is 11.6 Å². The topological polar surface area (TPSA) is 67.3 Å². The fraction of sp³-hybridized carbons (Fsp3) is 0.286. The summed E-state index contributed by atoms with van der Waals surface area (Å²) in [6, 6.07) is 7.60. The van der Waals surface area contributed by atoms with Crippen molar-refractivity contribution in [3.63, 3.8) is 0 Å². The summed E-state index contributed by atoms with van der Waals surface area (Å²) in [5.74, 6) is 2.00. The minimum atomic E-state index is 0.150. The number of aromatic nitrogens is 2. The molecule has 1 aromatic carbocycles. The summed E-state index contributed by atoms with van der Waals surface area (Å²) in [6.45, 7) is 2.05. The molecule has 0 aliphatic carbocycles. The van der Waals surface area contributed by atoms with Crippen LogP contribution in [0.2, 0.25) is 0 Å². The molecule has 0 aliphatic heterocycles. The van der Waals surface area contributed by atoms with Crippen molar-refractivity contribution in [1.29, 1.82) is 0 Å². The molecular formula is C14H17N3O2. The van der Waals surface area contributed by atoms with Crippen molar-refractivity contribution in [3.8, 4) is 11.6 Å². The summed E-state index contributed by atoms with van der Waals surface area (Å²) < 4.78 is 5.73. The van der Waals surface area contributed by atoms with Gasteiger partial charge in [-0.15, -0.1) is 0 Å². The van der Waals surface area contributed by atoms with Crippen molar-refractivity contribution >= 4 is 5.82 Å². The van der Waals surface area contributed by atoms with E-state index in [0.29, 0.717) is 18.1 Å². The fourth-order valence-corrected chi connectivity index (χ4v) is 1.75. The van der Waals surface area contributed by atoms with Gasteiger partial charge in [-0.05, 0) is 31.0 Å². The number of anilines is 1. The lowest BCUT2D eigenvalue weighted by molar-refractivity contribution is 0.299. The number of rotatable bonds is 5. The van der Waals surface area contributed by atoms with E-state index in [-0.39, 0.29) is 6.61 Å². The van der Waals surface area contributed by atoms with Gasteiger partial charge in [0.25, 0.3) is 0 Å². The average molecular weight is 259 g/mol. The fourth-order valence-electron chi connectivity index (χ4n) is 1.75. The first kappa shape index (κ1) is 13.3. The molecule has 0 atom stereocenters. The van der Waals surface area contributed by atoms with Gasteiger partial charge in [-0.2, -0.15) is 0 Å².